The fourth-order valence-electron chi connectivity index (χ4n) is 3.39. The minimum absolute atomic E-state index is 0.328. The highest BCUT2D eigenvalue weighted by atomic mass is 32.1. The van der Waals surface area contributed by atoms with Crippen molar-refractivity contribution in [2.24, 2.45) is 5.92 Å². The van der Waals surface area contributed by atoms with Crippen LogP contribution >= 0.6 is 11.3 Å². The summed E-state index contributed by atoms with van der Waals surface area (Å²) in [6.45, 7) is 2.19. The van der Waals surface area contributed by atoms with Crippen LogP contribution in [0.15, 0.2) is 27.8 Å². The van der Waals surface area contributed by atoms with Crippen molar-refractivity contribution in [1.82, 2.24) is 9.97 Å². The molecule has 0 saturated carbocycles. The maximum atomic E-state index is 12.7. The smallest absolute Gasteiger partial charge is 0.314 e. The van der Waals surface area contributed by atoms with Gasteiger partial charge < -0.3 is 15.3 Å². The summed E-state index contributed by atoms with van der Waals surface area (Å²) < 4.78 is 0. The Hall–Kier alpha value is -3.18. The third kappa shape index (κ3) is 3.06. The van der Waals surface area contributed by atoms with Crippen molar-refractivity contribution in [3.05, 3.63) is 60.5 Å². The Morgan fingerprint density at radius 3 is 2.74 bits per heavy atom. The summed E-state index contributed by atoms with van der Waals surface area (Å²) in [5, 5.41) is 12.9. The second-order valence-electron chi connectivity index (χ2n) is 6.79. The predicted molar refractivity (Wildman–Crippen MR) is 103 cm³/mol. The number of rotatable bonds is 2. The molecule has 0 spiro atoms. The lowest BCUT2D eigenvalue weighted by Crippen LogP contribution is -2.29. The van der Waals surface area contributed by atoms with Crippen LogP contribution in [0.4, 0.5) is 5.00 Å². The van der Waals surface area contributed by atoms with E-state index in [9.17, 15) is 19.6 Å². The van der Waals surface area contributed by atoms with E-state index in [0.717, 1.165) is 24.8 Å². The van der Waals surface area contributed by atoms with Gasteiger partial charge in [0.25, 0.3) is 5.91 Å². The molecule has 1 aliphatic rings. The normalized spacial score (nSPS) is 15.9. The van der Waals surface area contributed by atoms with Gasteiger partial charge in [-0.1, -0.05) is 6.92 Å². The number of fused-ring (bicyclic) bond motifs is 2. The second kappa shape index (κ2) is 6.52. The number of aromatic nitrogens is 2. The zero-order valence-corrected chi connectivity index (χ0v) is 15.3. The third-order valence-corrected chi connectivity index (χ3v) is 6.00. The zero-order chi connectivity index (χ0) is 19.1. The highest BCUT2D eigenvalue weighted by Crippen LogP contribution is 2.39. The van der Waals surface area contributed by atoms with Crippen LogP contribution < -0.4 is 16.4 Å². The molecular weight excluding hydrogens is 364 g/mol. The highest BCUT2D eigenvalue weighted by Gasteiger charge is 2.24. The quantitative estimate of drug-likeness (QED) is 0.592. The first-order valence-corrected chi connectivity index (χ1v) is 9.40. The van der Waals surface area contributed by atoms with E-state index in [-0.39, 0.29) is 5.91 Å². The van der Waals surface area contributed by atoms with Crippen LogP contribution in [0.1, 0.15) is 39.7 Å². The molecule has 1 amide bonds. The van der Waals surface area contributed by atoms with Gasteiger partial charge in [0.05, 0.1) is 16.6 Å². The van der Waals surface area contributed by atoms with Crippen molar-refractivity contribution in [3.63, 3.8) is 0 Å². The number of hydrogen-bond acceptors (Lipinski definition) is 5. The Bertz CT molecular complexity index is 1230. The maximum Gasteiger partial charge on any atom is 0.314 e. The molecule has 1 aliphatic carbocycles. The van der Waals surface area contributed by atoms with Gasteiger partial charge in [-0.3, -0.25) is 14.4 Å². The second-order valence-corrected chi connectivity index (χ2v) is 7.90. The summed E-state index contributed by atoms with van der Waals surface area (Å²) in [4.78, 5) is 41.6. The van der Waals surface area contributed by atoms with E-state index < -0.39 is 11.1 Å². The van der Waals surface area contributed by atoms with Crippen molar-refractivity contribution in [1.29, 1.82) is 5.26 Å². The molecule has 0 saturated heterocycles. The van der Waals surface area contributed by atoms with E-state index in [2.05, 4.69) is 28.3 Å². The number of hydrogen-bond donors (Lipinski definition) is 3. The average Bonchev–Trinajstić information content (AvgIpc) is 2.98. The van der Waals surface area contributed by atoms with Gasteiger partial charge in [0, 0.05) is 10.4 Å². The molecule has 3 N–H and O–H groups in total. The Morgan fingerprint density at radius 1 is 1.26 bits per heavy atom. The lowest BCUT2D eigenvalue weighted by Gasteiger charge is -2.17. The van der Waals surface area contributed by atoms with Crippen LogP contribution in [0.5, 0.6) is 0 Å². The first-order chi connectivity index (χ1) is 13.0. The molecule has 1 unspecified atom stereocenters. The number of benzene rings is 1. The van der Waals surface area contributed by atoms with E-state index >= 15 is 0 Å². The standard InChI is InChI=1S/C19H16N4O3S/c1-9-2-4-11-12(8-20)19(27-15(11)6-9)23-16(24)10-3-5-13-14(7-10)22-18(26)17(25)21-13/h3,5,7,9H,2,4,6H2,1H3,(H,21,25)(H,22,26)(H,23,24). The van der Waals surface area contributed by atoms with Gasteiger partial charge in [-0.2, -0.15) is 5.26 Å². The van der Waals surface area contributed by atoms with Crippen LogP contribution in [0.3, 0.4) is 0 Å². The van der Waals surface area contributed by atoms with E-state index in [1.165, 1.54) is 22.3 Å². The van der Waals surface area contributed by atoms with Crippen molar-refractivity contribution in [3.8, 4) is 6.07 Å². The number of anilines is 1. The predicted octanol–water partition coefficient (Wildman–Crippen LogP) is 2.53. The monoisotopic (exact) mass is 380 g/mol. The summed E-state index contributed by atoms with van der Waals surface area (Å²) in [5.41, 5.74) is 1.23. The van der Waals surface area contributed by atoms with Gasteiger partial charge in [-0.05, 0) is 48.9 Å². The number of H-pyrrole nitrogens is 2. The van der Waals surface area contributed by atoms with Crippen LogP contribution in [0.2, 0.25) is 0 Å². The largest absolute Gasteiger partial charge is 0.316 e. The van der Waals surface area contributed by atoms with Gasteiger partial charge in [-0.15, -0.1) is 11.3 Å². The summed E-state index contributed by atoms with van der Waals surface area (Å²) >= 11 is 1.46. The number of carbonyl (C=O) groups excluding carboxylic acids is 1. The molecule has 0 fully saturated rings. The zero-order valence-electron chi connectivity index (χ0n) is 14.5. The molecule has 0 aliphatic heterocycles. The molecule has 136 valence electrons. The number of nitrogens with one attached hydrogen (secondary N) is 3. The number of carbonyl (C=O) groups is 1. The molecule has 0 radical (unpaired) electrons. The van der Waals surface area contributed by atoms with E-state index in [1.54, 1.807) is 12.1 Å². The summed E-state index contributed by atoms with van der Waals surface area (Å²) in [5.74, 6) is 0.206. The molecule has 27 heavy (non-hydrogen) atoms. The minimum atomic E-state index is -0.771. The first kappa shape index (κ1) is 17.2. The van der Waals surface area contributed by atoms with Crippen molar-refractivity contribution in [2.45, 2.75) is 26.2 Å². The van der Waals surface area contributed by atoms with Crippen molar-refractivity contribution >= 4 is 33.3 Å². The van der Waals surface area contributed by atoms with Gasteiger partial charge in [0.1, 0.15) is 11.1 Å². The molecule has 4 rings (SSSR count). The topological polar surface area (TPSA) is 119 Å². The molecule has 0 bridgehead atoms. The van der Waals surface area contributed by atoms with E-state index in [4.69, 9.17) is 0 Å². The summed E-state index contributed by atoms with van der Waals surface area (Å²) in [6.07, 6.45) is 2.83. The summed E-state index contributed by atoms with van der Waals surface area (Å²) in [6, 6.07) is 6.86. The van der Waals surface area contributed by atoms with E-state index in [1.807, 2.05) is 0 Å². The number of thiophene rings is 1. The molecule has 2 aromatic heterocycles. The SMILES string of the molecule is CC1CCc2c(sc(NC(=O)c3ccc4[nH]c(=O)c(=O)[nH]c4c3)c2C#N)C1. The Labute approximate surface area is 157 Å². The highest BCUT2D eigenvalue weighted by molar-refractivity contribution is 7.16. The lowest BCUT2D eigenvalue weighted by molar-refractivity contribution is 0.102. The van der Waals surface area contributed by atoms with Crippen molar-refractivity contribution in [2.75, 3.05) is 5.32 Å². The Kier molecular flexibility index (Phi) is 4.16. The molecule has 3 aromatic rings. The Morgan fingerprint density at radius 2 is 2.00 bits per heavy atom. The summed E-state index contributed by atoms with van der Waals surface area (Å²) in [7, 11) is 0. The number of nitrogens with zero attached hydrogens (tertiary/aromatic N) is 1. The van der Waals surface area contributed by atoms with Crippen LogP contribution in [0.25, 0.3) is 11.0 Å². The molecule has 1 atom stereocenters. The molecular formula is C19H16N4O3S. The maximum absolute atomic E-state index is 12.7. The number of amides is 1. The fourth-order valence-corrected chi connectivity index (χ4v) is 4.74. The fraction of sp³-hybridized carbons (Fsp3) is 0.263. The first-order valence-electron chi connectivity index (χ1n) is 8.58. The molecule has 2 heterocycles. The van der Waals surface area contributed by atoms with Crippen LogP contribution in [-0.2, 0) is 12.8 Å². The number of aromatic amines is 2. The lowest BCUT2D eigenvalue weighted by atomic mass is 9.88. The Balaban J connectivity index is 1.68. The minimum Gasteiger partial charge on any atom is -0.316 e. The third-order valence-electron chi connectivity index (χ3n) is 4.83. The van der Waals surface area contributed by atoms with Crippen LogP contribution in [0, 0.1) is 17.2 Å². The molecule has 7 nitrogen and oxygen atoms in total. The molecule has 8 heteroatoms. The van der Waals surface area contributed by atoms with Crippen LogP contribution in [-0.4, -0.2) is 15.9 Å². The van der Waals surface area contributed by atoms with Gasteiger partial charge >= 0.3 is 11.1 Å². The number of nitriles is 1. The average molecular weight is 380 g/mol. The molecule has 1 aromatic carbocycles. The van der Waals surface area contributed by atoms with Gasteiger partial charge in [-0.25, -0.2) is 0 Å². The van der Waals surface area contributed by atoms with Crippen molar-refractivity contribution < 1.29 is 4.79 Å². The van der Waals surface area contributed by atoms with Gasteiger partial charge in [0.15, 0.2) is 0 Å². The van der Waals surface area contributed by atoms with E-state index in [0.29, 0.717) is 33.1 Å². The van der Waals surface area contributed by atoms with Gasteiger partial charge in [0.2, 0.25) is 0 Å².